The van der Waals surface area contributed by atoms with E-state index in [1.54, 1.807) is 0 Å². The fraction of sp³-hybridized carbons (Fsp3) is 0.636. The molecule has 0 radical (unpaired) electrons. The lowest BCUT2D eigenvalue weighted by Crippen LogP contribution is -2.20. The maximum Gasteiger partial charge on any atom is 0.222 e. The zero-order valence-corrected chi connectivity index (χ0v) is 9.16. The molecule has 0 spiro atoms. The normalized spacial score (nSPS) is 15.3. The quantitative estimate of drug-likeness (QED) is 0.690. The highest BCUT2D eigenvalue weighted by Crippen LogP contribution is 2.18. The smallest absolute Gasteiger partial charge is 0.222 e. The molecule has 0 bridgehead atoms. The Morgan fingerprint density at radius 2 is 2.00 bits per heavy atom. The van der Waals surface area contributed by atoms with Crippen molar-refractivity contribution in [2.24, 2.45) is 0 Å². The number of anilines is 1. The van der Waals surface area contributed by atoms with Crippen LogP contribution in [0.2, 0.25) is 0 Å². The van der Waals surface area contributed by atoms with Gasteiger partial charge in [0, 0.05) is 25.0 Å². The average Bonchev–Trinajstić information content (AvgIpc) is 3.04. The van der Waals surface area contributed by atoms with Crippen LogP contribution in [0.4, 0.5) is 5.95 Å². The summed E-state index contributed by atoms with van der Waals surface area (Å²) in [5.41, 5.74) is 1.09. The van der Waals surface area contributed by atoms with Crippen LogP contribution in [0.25, 0.3) is 0 Å². The van der Waals surface area contributed by atoms with Crippen molar-refractivity contribution in [3.8, 4) is 0 Å². The van der Waals surface area contributed by atoms with Gasteiger partial charge in [0.15, 0.2) is 0 Å². The first-order valence-electron chi connectivity index (χ1n) is 5.60. The van der Waals surface area contributed by atoms with Gasteiger partial charge in [-0.25, -0.2) is 9.97 Å². The van der Waals surface area contributed by atoms with Gasteiger partial charge in [-0.05, 0) is 38.3 Å². The molecule has 1 heterocycles. The molecule has 0 aromatic carbocycles. The molecule has 0 aliphatic heterocycles. The van der Waals surface area contributed by atoms with E-state index in [9.17, 15) is 0 Å². The van der Waals surface area contributed by atoms with Crippen LogP contribution in [0.3, 0.4) is 0 Å². The van der Waals surface area contributed by atoms with Gasteiger partial charge >= 0.3 is 0 Å². The number of aromatic nitrogens is 2. The summed E-state index contributed by atoms with van der Waals surface area (Å²) in [6, 6.07) is 0.806. The van der Waals surface area contributed by atoms with Crippen LogP contribution in [-0.2, 0) is 0 Å². The Labute approximate surface area is 90.5 Å². The maximum atomic E-state index is 4.18. The summed E-state index contributed by atoms with van der Waals surface area (Å²) in [4.78, 5) is 8.36. The van der Waals surface area contributed by atoms with Crippen LogP contribution in [0, 0.1) is 6.92 Å². The lowest BCUT2D eigenvalue weighted by atomic mass is 10.4. The van der Waals surface area contributed by atoms with E-state index in [4.69, 9.17) is 0 Å². The number of aryl methyl sites for hydroxylation is 1. The van der Waals surface area contributed by atoms with Crippen molar-refractivity contribution >= 4 is 5.95 Å². The van der Waals surface area contributed by atoms with E-state index in [1.165, 1.54) is 12.8 Å². The summed E-state index contributed by atoms with van der Waals surface area (Å²) in [6.07, 6.45) is 7.49. The second-order valence-electron chi connectivity index (χ2n) is 4.09. The van der Waals surface area contributed by atoms with Gasteiger partial charge in [-0.15, -0.1) is 0 Å². The first-order valence-corrected chi connectivity index (χ1v) is 5.60. The first-order chi connectivity index (χ1) is 7.34. The third-order valence-corrected chi connectivity index (χ3v) is 2.43. The molecule has 2 N–H and O–H groups in total. The van der Waals surface area contributed by atoms with E-state index in [-0.39, 0.29) is 0 Å². The zero-order chi connectivity index (χ0) is 10.5. The minimum Gasteiger partial charge on any atom is -0.354 e. The molecule has 1 aromatic rings. The summed E-state index contributed by atoms with van der Waals surface area (Å²) in [6.45, 7) is 4.01. The topological polar surface area (TPSA) is 49.8 Å². The lowest BCUT2D eigenvalue weighted by molar-refractivity contribution is 0.658. The summed E-state index contributed by atoms with van der Waals surface area (Å²) in [7, 11) is 0. The monoisotopic (exact) mass is 206 g/mol. The molecule has 1 aliphatic carbocycles. The third-order valence-electron chi connectivity index (χ3n) is 2.43. The van der Waals surface area contributed by atoms with Crippen LogP contribution in [-0.4, -0.2) is 29.1 Å². The number of rotatable bonds is 6. The molecule has 1 fully saturated rings. The van der Waals surface area contributed by atoms with Crippen LogP contribution in [0.15, 0.2) is 12.4 Å². The molecular weight excluding hydrogens is 188 g/mol. The standard InChI is InChI=1S/C11H18N4/c1-9-7-14-11(15-8-9)13-6-2-5-12-10-3-4-10/h7-8,10,12H,2-6H2,1H3,(H,13,14,15). The van der Waals surface area contributed by atoms with Crippen molar-refractivity contribution in [2.45, 2.75) is 32.2 Å². The van der Waals surface area contributed by atoms with Crippen LogP contribution < -0.4 is 10.6 Å². The van der Waals surface area contributed by atoms with E-state index in [2.05, 4.69) is 20.6 Å². The second-order valence-corrected chi connectivity index (χ2v) is 4.09. The Morgan fingerprint density at radius 1 is 1.27 bits per heavy atom. The highest BCUT2D eigenvalue weighted by molar-refractivity contribution is 5.23. The molecule has 0 amide bonds. The summed E-state index contributed by atoms with van der Waals surface area (Å²) < 4.78 is 0. The highest BCUT2D eigenvalue weighted by atomic mass is 15.1. The van der Waals surface area contributed by atoms with Crippen molar-refractivity contribution in [2.75, 3.05) is 18.4 Å². The first kappa shape index (κ1) is 10.4. The SMILES string of the molecule is Cc1cnc(NCCCNC2CC2)nc1. The average molecular weight is 206 g/mol. The van der Waals surface area contributed by atoms with Gasteiger partial charge in [-0.3, -0.25) is 0 Å². The predicted molar refractivity (Wildman–Crippen MR) is 60.9 cm³/mol. The highest BCUT2D eigenvalue weighted by Gasteiger charge is 2.19. The van der Waals surface area contributed by atoms with Gasteiger partial charge in [-0.2, -0.15) is 0 Å². The minimum atomic E-state index is 0.729. The molecule has 0 saturated heterocycles. The molecule has 4 nitrogen and oxygen atoms in total. The van der Waals surface area contributed by atoms with E-state index in [1.807, 2.05) is 19.3 Å². The molecular formula is C11H18N4. The fourth-order valence-corrected chi connectivity index (χ4v) is 1.37. The summed E-state index contributed by atoms with van der Waals surface area (Å²) in [5.74, 6) is 0.729. The molecule has 15 heavy (non-hydrogen) atoms. The molecule has 1 aromatic heterocycles. The van der Waals surface area contributed by atoms with Crippen molar-refractivity contribution in [1.29, 1.82) is 0 Å². The summed E-state index contributed by atoms with van der Waals surface area (Å²) in [5, 5.41) is 6.67. The van der Waals surface area contributed by atoms with E-state index >= 15 is 0 Å². The van der Waals surface area contributed by atoms with Crippen LogP contribution in [0.5, 0.6) is 0 Å². The fourth-order valence-electron chi connectivity index (χ4n) is 1.37. The largest absolute Gasteiger partial charge is 0.354 e. The Bertz CT molecular complexity index is 292. The number of hydrogen-bond donors (Lipinski definition) is 2. The van der Waals surface area contributed by atoms with Crippen molar-refractivity contribution in [3.63, 3.8) is 0 Å². The van der Waals surface area contributed by atoms with Gasteiger partial charge in [0.05, 0.1) is 0 Å². The number of nitrogens with one attached hydrogen (secondary N) is 2. The van der Waals surface area contributed by atoms with Gasteiger partial charge < -0.3 is 10.6 Å². The second kappa shape index (κ2) is 5.07. The molecule has 2 rings (SSSR count). The number of hydrogen-bond acceptors (Lipinski definition) is 4. The van der Waals surface area contributed by atoms with E-state index in [0.29, 0.717) is 0 Å². The Hall–Kier alpha value is -1.16. The van der Waals surface area contributed by atoms with Gasteiger partial charge in [0.25, 0.3) is 0 Å². The maximum absolute atomic E-state index is 4.18. The van der Waals surface area contributed by atoms with Gasteiger partial charge in [0.1, 0.15) is 0 Å². The lowest BCUT2D eigenvalue weighted by Gasteiger charge is -2.05. The van der Waals surface area contributed by atoms with Crippen molar-refractivity contribution in [3.05, 3.63) is 18.0 Å². The van der Waals surface area contributed by atoms with Crippen molar-refractivity contribution in [1.82, 2.24) is 15.3 Å². The van der Waals surface area contributed by atoms with Crippen molar-refractivity contribution < 1.29 is 0 Å². The van der Waals surface area contributed by atoms with Crippen LogP contribution >= 0.6 is 0 Å². The summed E-state index contributed by atoms with van der Waals surface area (Å²) >= 11 is 0. The number of nitrogens with zero attached hydrogens (tertiary/aromatic N) is 2. The van der Waals surface area contributed by atoms with Gasteiger partial charge in [0.2, 0.25) is 5.95 Å². The van der Waals surface area contributed by atoms with Gasteiger partial charge in [-0.1, -0.05) is 0 Å². The molecule has 82 valence electrons. The minimum absolute atomic E-state index is 0.729. The molecule has 1 aliphatic rings. The molecule has 4 heteroatoms. The molecule has 0 unspecified atom stereocenters. The zero-order valence-electron chi connectivity index (χ0n) is 9.16. The van der Waals surface area contributed by atoms with Crippen LogP contribution in [0.1, 0.15) is 24.8 Å². The predicted octanol–water partition coefficient (Wildman–Crippen LogP) is 1.34. The van der Waals surface area contributed by atoms with E-state index in [0.717, 1.165) is 37.1 Å². The molecule has 1 saturated carbocycles. The Morgan fingerprint density at radius 3 is 2.67 bits per heavy atom. The Balaban J connectivity index is 1.58. The van der Waals surface area contributed by atoms with E-state index < -0.39 is 0 Å². The third kappa shape index (κ3) is 3.83. The molecule has 0 atom stereocenters. The Kier molecular flexibility index (Phi) is 3.50.